The van der Waals surface area contributed by atoms with Crippen LogP contribution in [0.25, 0.3) is 130 Å². The molecule has 4 heterocycles. The van der Waals surface area contributed by atoms with Crippen molar-refractivity contribution in [2.75, 3.05) is 0 Å². The van der Waals surface area contributed by atoms with Gasteiger partial charge in [-0.3, -0.25) is 28.0 Å². The van der Waals surface area contributed by atoms with Crippen LogP contribution in [0.5, 0.6) is 46.0 Å². The van der Waals surface area contributed by atoms with Crippen molar-refractivity contribution in [3.8, 4) is 46.0 Å². The first kappa shape index (κ1) is 46.2. The van der Waals surface area contributed by atoms with Crippen LogP contribution in [0, 0.1) is 0 Å². The molecule has 0 fully saturated rings. The van der Waals surface area contributed by atoms with Gasteiger partial charge in [0.1, 0.15) is 46.0 Å². The first-order valence-corrected chi connectivity index (χ1v) is 27.6. The fraction of sp³-hybridized carbons (Fsp3) is 0. The van der Waals surface area contributed by atoms with E-state index in [9.17, 15) is 9.59 Å². The normalized spacial score (nSPS) is 12.2. The second-order valence-corrected chi connectivity index (χ2v) is 21.5. The summed E-state index contributed by atoms with van der Waals surface area (Å²) in [5.41, 5.74) is 0.868. The third-order valence-electron chi connectivity index (χ3n) is 17.0. The van der Waals surface area contributed by atoms with Gasteiger partial charge in [0.25, 0.3) is 11.1 Å². The second kappa shape index (κ2) is 17.0. The lowest BCUT2D eigenvalue weighted by atomic mass is 9.81. The monoisotopic (exact) mass is 1080 g/mol. The average molecular weight is 1080 g/mol. The highest BCUT2D eigenvalue weighted by Crippen LogP contribution is 2.57. The van der Waals surface area contributed by atoms with Crippen molar-refractivity contribution in [1.29, 1.82) is 0 Å². The van der Waals surface area contributed by atoms with E-state index in [2.05, 4.69) is 24.3 Å². The Labute approximate surface area is 472 Å². The van der Waals surface area contributed by atoms with Gasteiger partial charge in [0.2, 0.25) is 0 Å². The van der Waals surface area contributed by atoms with Crippen LogP contribution in [0.4, 0.5) is 0 Å². The van der Waals surface area contributed by atoms with Gasteiger partial charge in [-0.1, -0.05) is 121 Å². The zero-order chi connectivity index (χ0) is 55.6. The van der Waals surface area contributed by atoms with Crippen LogP contribution in [0.15, 0.2) is 250 Å². The lowest BCUT2D eigenvalue weighted by Gasteiger charge is -2.25. The standard InChI is InChI=1S/C74H38N2O8/c77-57-37-55-49-33-59(81-39-17-5-1-6-18-39)67-45-29-30-46-64-48(32-31-47(63(45)64)69-61(83-41-21-9-3-10-22-41)35-51(65(49)71(67)69)73(79)75(55)53-27-15-13-25-43(53)57)70-62(84-42-23-11-4-12-24-42)36-52-66-50(34-60(68(46)72(66)70)82-40-19-7-2-8-20-40)56-38-58(78)44-26-14-16-28-54(44)76(56)74(52)80/h1-38H. The largest absolute Gasteiger partial charge is 0.457 e. The number of fused-ring (bicyclic) bond motifs is 12. The molecule has 0 bridgehead atoms. The maximum Gasteiger partial charge on any atom is 0.263 e. The molecule has 84 heavy (non-hydrogen) atoms. The van der Waals surface area contributed by atoms with Crippen LogP contribution < -0.4 is 40.9 Å². The van der Waals surface area contributed by atoms with E-state index in [1.54, 1.807) is 45.2 Å². The Hall–Kier alpha value is -11.6. The molecule has 392 valence electrons. The Morgan fingerprint density at radius 2 is 0.488 bits per heavy atom. The smallest absolute Gasteiger partial charge is 0.263 e. The predicted octanol–water partition coefficient (Wildman–Crippen LogP) is 17.2. The number of pyridine rings is 4. The highest BCUT2D eigenvalue weighted by molar-refractivity contribution is 6.47. The van der Waals surface area contributed by atoms with Gasteiger partial charge in [-0.2, -0.15) is 0 Å². The van der Waals surface area contributed by atoms with Crippen molar-refractivity contribution >= 4 is 130 Å². The lowest BCUT2D eigenvalue weighted by Crippen LogP contribution is -2.18. The third-order valence-corrected chi connectivity index (χ3v) is 17.0. The molecule has 0 spiro atoms. The van der Waals surface area contributed by atoms with Gasteiger partial charge in [0, 0.05) is 76.8 Å². The average Bonchev–Trinajstić information content (AvgIpc) is 0.725. The number of benzene rings is 14. The summed E-state index contributed by atoms with van der Waals surface area (Å²) in [4.78, 5) is 59.5. The number of ether oxygens (including phenoxy) is 4. The minimum atomic E-state index is -0.301. The van der Waals surface area contributed by atoms with Gasteiger partial charge >= 0.3 is 0 Å². The van der Waals surface area contributed by atoms with Crippen molar-refractivity contribution < 1.29 is 18.9 Å². The summed E-state index contributed by atoms with van der Waals surface area (Å²) < 4.78 is 31.8. The van der Waals surface area contributed by atoms with E-state index in [0.717, 1.165) is 64.6 Å². The lowest BCUT2D eigenvalue weighted by molar-refractivity contribution is 0.488. The minimum Gasteiger partial charge on any atom is -0.457 e. The SMILES string of the molecule is O=c1cc2c3cc(Oc4ccccc4)c4c5ccc6c7c(Oc8ccccc8)cc8c9c(cc(Oc%10ccccc%10)c(c%10ccc(c%11c(Oc%12ccccc%12)cc(c(=O)n2c2ccccc12)c3c%114)c5c%106)c79)c(=O)n1c2ccccc2c(=O)cc81. The van der Waals surface area contributed by atoms with Crippen LogP contribution in [0.2, 0.25) is 0 Å². The molecule has 0 radical (unpaired) electrons. The number of hydrogen-bond donors (Lipinski definition) is 0. The molecule has 0 aliphatic carbocycles. The first-order valence-electron chi connectivity index (χ1n) is 27.6. The van der Waals surface area contributed by atoms with Gasteiger partial charge < -0.3 is 18.9 Å². The quantitative estimate of drug-likeness (QED) is 0.109. The maximum atomic E-state index is 15.6. The van der Waals surface area contributed by atoms with E-state index < -0.39 is 0 Å². The molecular formula is C74H38N2O8. The summed E-state index contributed by atoms with van der Waals surface area (Å²) in [6, 6.07) is 71.9. The van der Waals surface area contributed by atoms with Crippen LogP contribution in [0.1, 0.15) is 0 Å². The molecule has 18 aromatic rings. The summed E-state index contributed by atoms with van der Waals surface area (Å²) >= 11 is 0. The van der Waals surface area contributed by atoms with E-state index >= 15 is 9.59 Å². The van der Waals surface area contributed by atoms with E-state index in [1.807, 2.05) is 170 Å². The second-order valence-electron chi connectivity index (χ2n) is 21.5. The van der Waals surface area contributed by atoms with Crippen LogP contribution in [-0.4, -0.2) is 8.80 Å². The minimum absolute atomic E-state index is 0.209. The topological polar surface area (TPSA) is 114 Å². The Morgan fingerprint density at radius 1 is 0.214 bits per heavy atom. The molecule has 0 aliphatic heterocycles. The molecule has 10 nitrogen and oxygen atoms in total. The zero-order valence-corrected chi connectivity index (χ0v) is 44.1. The maximum absolute atomic E-state index is 15.6. The number of rotatable bonds is 8. The molecular weight excluding hydrogens is 1040 g/mol. The molecule has 0 saturated carbocycles. The Bertz CT molecular complexity index is 5670. The number of hydrogen-bond acceptors (Lipinski definition) is 8. The molecule has 0 atom stereocenters. The fourth-order valence-corrected chi connectivity index (χ4v) is 13.7. The van der Waals surface area contributed by atoms with Crippen LogP contribution in [-0.2, 0) is 0 Å². The van der Waals surface area contributed by atoms with Gasteiger partial charge in [-0.15, -0.1) is 0 Å². The van der Waals surface area contributed by atoms with Gasteiger partial charge in [-0.05, 0) is 129 Å². The number of nitrogens with zero attached hydrogens (tertiary/aromatic N) is 2. The highest BCUT2D eigenvalue weighted by Gasteiger charge is 2.31. The van der Waals surface area contributed by atoms with Gasteiger partial charge in [0.05, 0.1) is 32.8 Å². The predicted molar refractivity (Wildman–Crippen MR) is 337 cm³/mol. The Morgan fingerprint density at radius 3 is 0.810 bits per heavy atom. The van der Waals surface area contributed by atoms with Crippen molar-refractivity contribution in [3.05, 3.63) is 272 Å². The summed E-state index contributed by atoms with van der Waals surface area (Å²) in [5, 5.41) is 13.7. The first-order chi connectivity index (χ1) is 41.3. The fourth-order valence-electron chi connectivity index (χ4n) is 13.7. The van der Waals surface area contributed by atoms with E-state index in [4.69, 9.17) is 18.9 Å². The summed E-state index contributed by atoms with van der Waals surface area (Å²) in [7, 11) is 0. The molecule has 0 amide bonds. The summed E-state index contributed by atoms with van der Waals surface area (Å²) in [5.74, 6) is 4.18. The Kier molecular flexibility index (Phi) is 9.32. The van der Waals surface area contributed by atoms with Crippen molar-refractivity contribution in [3.63, 3.8) is 0 Å². The number of aromatic nitrogens is 2. The summed E-state index contributed by atoms with van der Waals surface area (Å²) in [6.45, 7) is 0. The molecule has 4 aromatic heterocycles. The number of para-hydroxylation sites is 6. The van der Waals surface area contributed by atoms with E-state index in [-0.39, 0.29) is 22.0 Å². The highest BCUT2D eigenvalue weighted by atomic mass is 16.5. The molecule has 0 N–H and O–H groups in total. The molecule has 18 rings (SSSR count). The van der Waals surface area contributed by atoms with E-state index in [1.165, 1.54) is 0 Å². The van der Waals surface area contributed by atoms with Gasteiger partial charge in [0.15, 0.2) is 10.9 Å². The molecule has 0 saturated heterocycles. The zero-order valence-electron chi connectivity index (χ0n) is 44.1. The van der Waals surface area contributed by atoms with Crippen LogP contribution >= 0.6 is 0 Å². The van der Waals surface area contributed by atoms with Crippen molar-refractivity contribution in [2.45, 2.75) is 0 Å². The van der Waals surface area contributed by atoms with Crippen LogP contribution in [0.3, 0.4) is 0 Å². The molecule has 0 aliphatic rings. The molecule has 0 unspecified atom stereocenters. The summed E-state index contributed by atoms with van der Waals surface area (Å²) in [6.07, 6.45) is 0. The molecule has 14 aromatic carbocycles. The third kappa shape index (κ3) is 6.27. The Balaban J connectivity index is 1.09. The van der Waals surface area contributed by atoms with Crippen molar-refractivity contribution in [1.82, 2.24) is 8.80 Å². The molecule has 10 heteroatoms. The van der Waals surface area contributed by atoms with Gasteiger partial charge in [-0.25, -0.2) is 0 Å². The van der Waals surface area contributed by atoms with Crippen molar-refractivity contribution in [2.24, 2.45) is 0 Å². The van der Waals surface area contributed by atoms with E-state index in [0.29, 0.717) is 111 Å².